The summed E-state index contributed by atoms with van der Waals surface area (Å²) in [5.74, 6) is 2.42. The van der Waals surface area contributed by atoms with Crippen LogP contribution in [0.4, 0.5) is 0 Å². The molecule has 32 heavy (non-hydrogen) atoms. The molecule has 0 aliphatic carbocycles. The minimum absolute atomic E-state index is 0.0451. The summed E-state index contributed by atoms with van der Waals surface area (Å²) in [5, 5.41) is 18.7. The first-order valence-corrected chi connectivity index (χ1v) is 11.9. The highest BCUT2D eigenvalue weighted by molar-refractivity contribution is 7.14. The molecule has 2 rings (SSSR count). The Kier molecular flexibility index (Phi) is 9.49. The second-order valence-electron chi connectivity index (χ2n) is 8.53. The first-order valence-electron chi connectivity index (χ1n) is 11.1. The minimum atomic E-state index is -0.904. The van der Waals surface area contributed by atoms with Gasteiger partial charge in [-0.3, -0.25) is 4.99 Å². The maximum atomic E-state index is 9.62. The normalized spacial score (nSPS) is 12.9. The topological polar surface area (TPSA) is 71.3 Å². The van der Waals surface area contributed by atoms with Gasteiger partial charge in [0.25, 0.3) is 0 Å². The molecule has 0 fully saturated rings. The fraction of sp³-hybridized carbons (Fsp3) is 0.500. The van der Waals surface area contributed by atoms with Gasteiger partial charge in [-0.25, -0.2) is 0 Å². The summed E-state index contributed by atoms with van der Waals surface area (Å²) < 4.78 is 12.0. The predicted molar refractivity (Wildman–Crippen MR) is 134 cm³/mol. The van der Waals surface area contributed by atoms with E-state index in [0.29, 0.717) is 17.6 Å². The standard InChI is InChI=1S/C26H37NO4S/c1-9-20-12-21(11-16(4)24(20)30-14-22(29)13-28)18(6)31-26(27-8)25-17(5)23(10-15(2)3)19(7)32-25/h11-12,15,22,28-29H,6,9-10,13-14H2,1-5,7-8H3. The molecule has 176 valence electrons. The molecule has 0 aliphatic rings. The van der Waals surface area contributed by atoms with Crippen molar-refractivity contribution in [2.24, 2.45) is 10.9 Å². The van der Waals surface area contributed by atoms with Crippen molar-refractivity contribution < 1.29 is 19.7 Å². The maximum Gasteiger partial charge on any atom is 0.232 e. The fourth-order valence-corrected chi connectivity index (χ4v) is 4.84. The number of rotatable bonds is 10. The Hall–Kier alpha value is -2.15. The van der Waals surface area contributed by atoms with Crippen LogP contribution in [0, 0.1) is 26.7 Å². The number of aliphatic hydroxyl groups is 2. The highest BCUT2D eigenvalue weighted by atomic mass is 32.1. The molecule has 0 saturated carbocycles. The van der Waals surface area contributed by atoms with Crippen molar-refractivity contribution in [2.45, 2.75) is 60.5 Å². The van der Waals surface area contributed by atoms with E-state index in [0.717, 1.165) is 40.2 Å². The van der Waals surface area contributed by atoms with Gasteiger partial charge >= 0.3 is 0 Å². The zero-order valence-corrected chi connectivity index (χ0v) is 21.2. The lowest BCUT2D eigenvalue weighted by atomic mass is 9.99. The molecule has 1 aromatic carbocycles. The summed E-state index contributed by atoms with van der Waals surface area (Å²) in [4.78, 5) is 6.78. The summed E-state index contributed by atoms with van der Waals surface area (Å²) in [6.07, 6.45) is 0.888. The summed E-state index contributed by atoms with van der Waals surface area (Å²) in [5.41, 5.74) is 5.39. The molecule has 0 bridgehead atoms. The van der Waals surface area contributed by atoms with Gasteiger partial charge in [-0.2, -0.15) is 0 Å². The molecule has 1 aromatic heterocycles. The van der Waals surface area contributed by atoms with Crippen molar-refractivity contribution in [2.75, 3.05) is 20.3 Å². The molecular weight excluding hydrogens is 422 g/mol. The Balaban J connectivity index is 2.29. The van der Waals surface area contributed by atoms with Crippen molar-refractivity contribution in [1.82, 2.24) is 0 Å². The van der Waals surface area contributed by atoms with Crippen LogP contribution in [0.25, 0.3) is 5.76 Å². The molecule has 0 amide bonds. The minimum Gasteiger partial charge on any atom is -0.490 e. The molecule has 2 aromatic rings. The Morgan fingerprint density at radius 3 is 2.47 bits per heavy atom. The van der Waals surface area contributed by atoms with Crippen molar-refractivity contribution in [1.29, 1.82) is 0 Å². The number of nitrogens with zero attached hydrogens (tertiary/aromatic N) is 1. The number of aliphatic hydroxyl groups excluding tert-OH is 2. The quantitative estimate of drug-likeness (QED) is 0.290. The molecule has 1 unspecified atom stereocenters. The first-order chi connectivity index (χ1) is 15.1. The summed E-state index contributed by atoms with van der Waals surface area (Å²) in [6, 6.07) is 3.96. The second kappa shape index (κ2) is 11.6. The first kappa shape index (κ1) is 26.1. The van der Waals surface area contributed by atoms with Gasteiger partial charge in [0.15, 0.2) is 0 Å². The number of aliphatic imine (C=N–C) groups is 1. The lowest BCUT2D eigenvalue weighted by Crippen LogP contribution is -2.22. The molecule has 0 aliphatic heterocycles. The van der Waals surface area contributed by atoms with Gasteiger partial charge in [0.05, 0.1) is 11.5 Å². The van der Waals surface area contributed by atoms with Crippen LogP contribution in [0.5, 0.6) is 5.75 Å². The van der Waals surface area contributed by atoms with Crippen molar-refractivity contribution in [3.05, 3.63) is 56.3 Å². The zero-order chi connectivity index (χ0) is 24.0. The van der Waals surface area contributed by atoms with E-state index in [9.17, 15) is 5.11 Å². The average molecular weight is 460 g/mol. The lowest BCUT2D eigenvalue weighted by molar-refractivity contribution is 0.0531. The van der Waals surface area contributed by atoms with Gasteiger partial charge in [0.1, 0.15) is 24.2 Å². The van der Waals surface area contributed by atoms with Crippen molar-refractivity contribution >= 4 is 23.0 Å². The number of hydrogen-bond donors (Lipinski definition) is 2. The smallest absolute Gasteiger partial charge is 0.232 e. The highest BCUT2D eigenvalue weighted by Gasteiger charge is 2.20. The van der Waals surface area contributed by atoms with Gasteiger partial charge in [-0.15, -0.1) is 11.3 Å². The van der Waals surface area contributed by atoms with Crippen LogP contribution in [0.1, 0.15) is 58.3 Å². The average Bonchev–Trinajstić information content (AvgIpc) is 3.03. The van der Waals surface area contributed by atoms with E-state index in [-0.39, 0.29) is 13.2 Å². The third-order valence-corrected chi connectivity index (χ3v) is 6.63. The van der Waals surface area contributed by atoms with Crippen molar-refractivity contribution in [3.8, 4) is 5.75 Å². The van der Waals surface area contributed by atoms with Gasteiger partial charge in [-0.05, 0) is 73.9 Å². The molecule has 5 nitrogen and oxygen atoms in total. The van der Waals surface area contributed by atoms with E-state index in [4.69, 9.17) is 14.6 Å². The van der Waals surface area contributed by atoms with E-state index in [2.05, 4.69) is 39.3 Å². The lowest BCUT2D eigenvalue weighted by Gasteiger charge is -2.18. The predicted octanol–water partition coefficient (Wildman–Crippen LogP) is 5.23. The van der Waals surface area contributed by atoms with Crippen LogP contribution in [-0.4, -0.2) is 42.5 Å². The maximum absolute atomic E-state index is 9.62. The fourth-order valence-electron chi connectivity index (χ4n) is 3.68. The Morgan fingerprint density at radius 1 is 1.22 bits per heavy atom. The van der Waals surface area contributed by atoms with Gasteiger partial charge in [0.2, 0.25) is 5.90 Å². The van der Waals surface area contributed by atoms with E-state index in [1.807, 2.05) is 26.0 Å². The number of aryl methyl sites for hydroxylation is 3. The van der Waals surface area contributed by atoms with Crippen LogP contribution in [0.15, 0.2) is 23.7 Å². The Morgan fingerprint density at radius 2 is 1.91 bits per heavy atom. The number of hydrogen-bond acceptors (Lipinski definition) is 6. The third-order valence-electron chi connectivity index (χ3n) is 5.39. The van der Waals surface area contributed by atoms with E-state index >= 15 is 0 Å². The molecule has 2 N–H and O–H groups in total. The summed E-state index contributed by atoms with van der Waals surface area (Å²) >= 11 is 1.72. The molecule has 0 saturated heterocycles. The Labute approximate surface area is 196 Å². The van der Waals surface area contributed by atoms with E-state index < -0.39 is 6.10 Å². The monoisotopic (exact) mass is 459 g/mol. The van der Waals surface area contributed by atoms with Crippen molar-refractivity contribution in [3.63, 3.8) is 0 Å². The third kappa shape index (κ3) is 6.21. The number of benzene rings is 1. The highest BCUT2D eigenvalue weighted by Crippen LogP contribution is 2.33. The SMILES string of the molecule is C=C(OC(=NC)c1sc(C)c(CC(C)C)c1C)c1cc(C)c(OCC(O)CO)c(CC)c1. The second-order valence-corrected chi connectivity index (χ2v) is 9.75. The number of thiophene rings is 1. The van der Waals surface area contributed by atoms with Gasteiger partial charge < -0.3 is 19.7 Å². The largest absolute Gasteiger partial charge is 0.490 e. The molecular formula is C26H37NO4S. The molecule has 0 spiro atoms. The summed E-state index contributed by atoms with van der Waals surface area (Å²) in [7, 11) is 1.74. The van der Waals surface area contributed by atoms with Gasteiger partial charge in [-0.1, -0.05) is 27.4 Å². The van der Waals surface area contributed by atoms with Crippen LogP contribution in [-0.2, 0) is 17.6 Å². The van der Waals surface area contributed by atoms with E-state index in [1.165, 1.54) is 16.0 Å². The molecule has 1 heterocycles. The zero-order valence-electron chi connectivity index (χ0n) is 20.4. The molecule has 1 atom stereocenters. The van der Waals surface area contributed by atoms with Crippen LogP contribution < -0.4 is 4.74 Å². The summed E-state index contributed by atoms with van der Waals surface area (Å²) in [6.45, 7) is 16.6. The van der Waals surface area contributed by atoms with Gasteiger partial charge in [0, 0.05) is 17.5 Å². The van der Waals surface area contributed by atoms with Crippen LogP contribution in [0.2, 0.25) is 0 Å². The van der Waals surface area contributed by atoms with Crippen LogP contribution in [0.3, 0.4) is 0 Å². The number of ether oxygens (including phenoxy) is 2. The Bertz CT molecular complexity index is 975. The van der Waals surface area contributed by atoms with Crippen LogP contribution >= 0.6 is 11.3 Å². The molecule has 0 radical (unpaired) electrons. The molecule has 6 heteroatoms. The van der Waals surface area contributed by atoms with E-state index in [1.54, 1.807) is 18.4 Å².